The number of aromatic nitrogens is 1. The van der Waals surface area contributed by atoms with Crippen molar-refractivity contribution in [2.45, 2.75) is 0 Å². The van der Waals surface area contributed by atoms with Crippen LogP contribution in [-0.4, -0.2) is 4.57 Å². The second-order valence-electron chi connectivity index (χ2n) is 14.5. The van der Waals surface area contributed by atoms with E-state index in [9.17, 15) is 0 Å². The Bertz CT molecular complexity index is 3220. The maximum absolute atomic E-state index is 6.57. The molecule has 0 spiro atoms. The van der Waals surface area contributed by atoms with Gasteiger partial charge < -0.3 is 13.9 Å². The molecular formula is C54H36N2O. The summed E-state index contributed by atoms with van der Waals surface area (Å²) in [7, 11) is 0. The summed E-state index contributed by atoms with van der Waals surface area (Å²) in [5.41, 5.74) is 15.3. The summed E-state index contributed by atoms with van der Waals surface area (Å²) in [6.45, 7) is 0. The Morgan fingerprint density at radius 2 is 0.930 bits per heavy atom. The van der Waals surface area contributed by atoms with Crippen molar-refractivity contribution in [3.8, 4) is 39.1 Å². The number of hydrogen-bond acceptors (Lipinski definition) is 2. The molecule has 9 aromatic carbocycles. The molecule has 57 heavy (non-hydrogen) atoms. The molecule has 2 heterocycles. The molecule has 0 aliphatic heterocycles. The summed E-state index contributed by atoms with van der Waals surface area (Å²) >= 11 is 0. The highest BCUT2D eigenvalue weighted by molar-refractivity contribution is 6.17. The van der Waals surface area contributed by atoms with Gasteiger partial charge in [0, 0.05) is 44.2 Å². The summed E-state index contributed by atoms with van der Waals surface area (Å²) in [6.07, 6.45) is 0. The van der Waals surface area contributed by atoms with E-state index in [-0.39, 0.29) is 0 Å². The number of para-hydroxylation sites is 3. The largest absolute Gasteiger partial charge is 0.456 e. The Labute approximate surface area is 330 Å². The van der Waals surface area contributed by atoms with E-state index in [4.69, 9.17) is 4.42 Å². The summed E-state index contributed by atoms with van der Waals surface area (Å²) in [5.74, 6) is 0. The van der Waals surface area contributed by atoms with E-state index in [1.807, 2.05) is 6.07 Å². The molecule has 0 N–H and O–H groups in total. The molecule has 0 radical (unpaired) electrons. The van der Waals surface area contributed by atoms with Crippen LogP contribution in [0.1, 0.15) is 0 Å². The number of fused-ring (bicyclic) bond motifs is 6. The monoisotopic (exact) mass is 728 g/mol. The van der Waals surface area contributed by atoms with Crippen LogP contribution >= 0.6 is 0 Å². The standard InChI is InChI=1S/C54H36N2O/c1-4-15-37(16-5-1)39-27-29-43(30-28-39)55(44-31-32-46-45-23-10-12-25-48(45)56(50(46)36-44)42-21-8-3-9-22-42)49-33-34-52-54(47-24-11-13-26-51(47)57-52)53(49)41-20-14-19-40(35-41)38-17-6-2-7-18-38/h1-36H. The Morgan fingerprint density at radius 1 is 0.351 bits per heavy atom. The zero-order valence-corrected chi connectivity index (χ0v) is 31.1. The number of nitrogens with zero attached hydrogens (tertiary/aromatic N) is 2. The van der Waals surface area contributed by atoms with Crippen LogP contribution in [0.4, 0.5) is 17.1 Å². The lowest BCUT2D eigenvalue weighted by Crippen LogP contribution is -2.11. The van der Waals surface area contributed by atoms with Gasteiger partial charge in [-0.1, -0.05) is 152 Å². The topological polar surface area (TPSA) is 21.3 Å². The van der Waals surface area contributed by atoms with Gasteiger partial charge in [-0.25, -0.2) is 0 Å². The fourth-order valence-electron chi connectivity index (χ4n) is 8.58. The molecule has 11 aromatic rings. The van der Waals surface area contributed by atoms with Crippen molar-refractivity contribution in [2.24, 2.45) is 0 Å². The van der Waals surface area contributed by atoms with Gasteiger partial charge in [0.15, 0.2) is 0 Å². The zero-order chi connectivity index (χ0) is 37.7. The number of rotatable bonds is 7. The van der Waals surface area contributed by atoms with Gasteiger partial charge in [0.05, 0.1) is 16.7 Å². The van der Waals surface area contributed by atoms with Crippen molar-refractivity contribution in [3.05, 3.63) is 218 Å². The average molecular weight is 729 g/mol. The van der Waals surface area contributed by atoms with E-state index in [1.165, 1.54) is 33.0 Å². The summed E-state index contributed by atoms with van der Waals surface area (Å²) < 4.78 is 8.97. The minimum atomic E-state index is 0.860. The SMILES string of the molecule is c1ccc(-c2ccc(N(c3ccc4c5ccccc5n(-c5ccccc5)c4c3)c3ccc4oc5ccccc5c4c3-c3cccc(-c4ccccc4)c3)cc2)cc1. The highest BCUT2D eigenvalue weighted by Gasteiger charge is 2.24. The van der Waals surface area contributed by atoms with E-state index >= 15 is 0 Å². The molecule has 0 aliphatic rings. The maximum atomic E-state index is 6.57. The molecule has 11 rings (SSSR count). The molecule has 0 amide bonds. The average Bonchev–Trinajstić information content (AvgIpc) is 3.83. The van der Waals surface area contributed by atoms with Crippen molar-refractivity contribution in [3.63, 3.8) is 0 Å². The van der Waals surface area contributed by atoms with Gasteiger partial charge in [0.2, 0.25) is 0 Å². The van der Waals surface area contributed by atoms with Gasteiger partial charge in [-0.3, -0.25) is 0 Å². The van der Waals surface area contributed by atoms with Gasteiger partial charge in [0.1, 0.15) is 11.2 Å². The highest BCUT2D eigenvalue weighted by Crippen LogP contribution is 2.48. The van der Waals surface area contributed by atoms with Crippen molar-refractivity contribution in [1.82, 2.24) is 4.57 Å². The molecule has 2 aromatic heterocycles. The number of hydrogen-bond donors (Lipinski definition) is 0. The summed E-state index contributed by atoms with van der Waals surface area (Å²) in [4.78, 5) is 2.42. The highest BCUT2D eigenvalue weighted by atomic mass is 16.3. The summed E-state index contributed by atoms with van der Waals surface area (Å²) in [6, 6.07) is 78.2. The Hall–Kier alpha value is -7.62. The lowest BCUT2D eigenvalue weighted by molar-refractivity contribution is 0.669. The van der Waals surface area contributed by atoms with Crippen LogP contribution < -0.4 is 4.90 Å². The van der Waals surface area contributed by atoms with Crippen molar-refractivity contribution in [1.29, 1.82) is 0 Å². The molecule has 3 nitrogen and oxygen atoms in total. The van der Waals surface area contributed by atoms with Crippen molar-refractivity contribution >= 4 is 60.8 Å². The predicted octanol–water partition coefficient (Wildman–Crippen LogP) is 15.2. The summed E-state index contributed by atoms with van der Waals surface area (Å²) in [5, 5.41) is 4.63. The van der Waals surface area contributed by atoms with Crippen LogP contribution in [0.2, 0.25) is 0 Å². The molecule has 268 valence electrons. The molecule has 3 heteroatoms. The van der Waals surface area contributed by atoms with E-state index in [2.05, 4.69) is 222 Å². The first-order chi connectivity index (χ1) is 28.3. The molecule has 0 saturated carbocycles. The van der Waals surface area contributed by atoms with E-state index in [1.54, 1.807) is 0 Å². The first-order valence-corrected chi connectivity index (χ1v) is 19.4. The van der Waals surface area contributed by atoms with Crippen LogP contribution in [0.3, 0.4) is 0 Å². The molecule has 0 unspecified atom stereocenters. The Morgan fingerprint density at radius 3 is 1.70 bits per heavy atom. The fraction of sp³-hybridized carbons (Fsp3) is 0. The second-order valence-corrected chi connectivity index (χ2v) is 14.5. The molecular weight excluding hydrogens is 693 g/mol. The van der Waals surface area contributed by atoms with Gasteiger partial charge >= 0.3 is 0 Å². The van der Waals surface area contributed by atoms with Gasteiger partial charge in [-0.15, -0.1) is 0 Å². The van der Waals surface area contributed by atoms with Crippen LogP contribution in [0, 0.1) is 0 Å². The second kappa shape index (κ2) is 13.6. The molecule has 0 fully saturated rings. The van der Waals surface area contributed by atoms with E-state index in [0.29, 0.717) is 0 Å². The fourth-order valence-corrected chi connectivity index (χ4v) is 8.58. The third-order valence-electron chi connectivity index (χ3n) is 11.2. The van der Waals surface area contributed by atoms with E-state index in [0.717, 1.165) is 66.9 Å². The third kappa shape index (κ3) is 5.60. The zero-order valence-electron chi connectivity index (χ0n) is 31.1. The van der Waals surface area contributed by atoms with Crippen molar-refractivity contribution < 1.29 is 4.42 Å². The smallest absolute Gasteiger partial charge is 0.136 e. The first kappa shape index (κ1) is 32.8. The minimum absolute atomic E-state index is 0.860. The normalized spacial score (nSPS) is 11.5. The Balaban J connectivity index is 1.21. The maximum Gasteiger partial charge on any atom is 0.136 e. The van der Waals surface area contributed by atoms with Crippen LogP contribution in [-0.2, 0) is 0 Å². The van der Waals surface area contributed by atoms with Gasteiger partial charge in [-0.2, -0.15) is 0 Å². The molecule has 0 aliphatic carbocycles. The predicted molar refractivity (Wildman–Crippen MR) is 239 cm³/mol. The minimum Gasteiger partial charge on any atom is -0.456 e. The number of benzene rings is 9. The van der Waals surface area contributed by atoms with Gasteiger partial charge in [-0.05, 0) is 94.5 Å². The van der Waals surface area contributed by atoms with Crippen LogP contribution in [0.5, 0.6) is 0 Å². The quantitative estimate of drug-likeness (QED) is 0.163. The lowest BCUT2D eigenvalue weighted by atomic mass is 9.93. The van der Waals surface area contributed by atoms with Gasteiger partial charge in [0.25, 0.3) is 0 Å². The molecule has 0 bridgehead atoms. The third-order valence-corrected chi connectivity index (χ3v) is 11.2. The number of anilines is 3. The first-order valence-electron chi connectivity index (χ1n) is 19.4. The lowest BCUT2D eigenvalue weighted by Gasteiger charge is -2.29. The number of furan rings is 1. The Kier molecular flexibility index (Phi) is 7.82. The van der Waals surface area contributed by atoms with Crippen LogP contribution in [0.15, 0.2) is 223 Å². The van der Waals surface area contributed by atoms with Crippen LogP contribution in [0.25, 0.3) is 82.8 Å². The van der Waals surface area contributed by atoms with Crippen molar-refractivity contribution in [2.75, 3.05) is 4.90 Å². The molecule has 0 atom stereocenters. The van der Waals surface area contributed by atoms with E-state index < -0.39 is 0 Å². The molecule has 0 saturated heterocycles.